The van der Waals surface area contributed by atoms with Gasteiger partial charge in [-0.3, -0.25) is 0 Å². The van der Waals surface area contributed by atoms with E-state index in [9.17, 15) is 5.11 Å². The number of rotatable bonds is 6. The monoisotopic (exact) mass is 387 g/mol. The predicted octanol–water partition coefficient (Wildman–Crippen LogP) is 1.77. The maximum Gasteiger partial charge on any atom is 0.228 e. The second kappa shape index (κ2) is 8.36. The summed E-state index contributed by atoms with van der Waals surface area (Å²) in [5.74, 6) is 2.76. The number of anilines is 2. The summed E-state index contributed by atoms with van der Waals surface area (Å²) in [6.45, 7) is 2.94. The Morgan fingerprint density at radius 2 is 2.00 bits per heavy atom. The summed E-state index contributed by atoms with van der Waals surface area (Å²) < 4.78 is 11.0. The molecule has 2 aliphatic heterocycles. The van der Waals surface area contributed by atoms with Crippen LogP contribution < -0.4 is 25.0 Å². The molecule has 3 heterocycles. The fourth-order valence-electron chi connectivity index (χ4n) is 4.14. The molecule has 4 rings (SSSR count). The molecule has 0 saturated carbocycles. The van der Waals surface area contributed by atoms with Crippen molar-refractivity contribution in [3.05, 3.63) is 12.1 Å². The minimum Gasteiger partial charge on any atom is -0.493 e. The standard InChI is InChI=1S/C20H29N5O3/c1-27-17-9-15-16(10-18(17)28-2)23-20(25-8-4-6-14(25)12-26)24-19(15)22-13-5-3-7-21-11-13/h9-10,13-14,21,26H,3-8,11-12H2,1-2H3,(H,22,23,24)/t13-,14?/m0/s1. The van der Waals surface area contributed by atoms with Crippen molar-refractivity contribution >= 4 is 22.7 Å². The molecule has 8 nitrogen and oxygen atoms in total. The highest BCUT2D eigenvalue weighted by Crippen LogP contribution is 2.36. The second-order valence-electron chi connectivity index (χ2n) is 7.46. The van der Waals surface area contributed by atoms with Gasteiger partial charge in [0.25, 0.3) is 0 Å². The molecule has 28 heavy (non-hydrogen) atoms. The SMILES string of the molecule is COc1cc2nc(N3CCCC3CO)nc(N[C@H]3CCCNC3)c2cc1OC. The summed E-state index contributed by atoms with van der Waals surface area (Å²) >= 11 is 0. The second-order valence-corrected chi connectivity index (χ2v) is 7.46. The third-order valence-corrected chi connectivity index (χ3v) is 5.67. The zero-order valence-electron chi connectivity index (χ0n) is 16.6. The highest BCUT2D eigenvalue weighted by atomic mass is 16.5. The van der Waals surface area contributed by atoms with Gasteiger partial charge in [0.1, 0.15) is 5.82 Å². The van der Waals surface area contributed by atoms with E-state index in [1.807, 2.05) is 12.1 Å². The fraction of sp³-hybridized carbons (Fsp3) is 0.600. The van der Waals surface area contributed by atoms with Gasteiger partial charge < -0.3 is 30.1 Å². The molecule has 2 aromatic rings. The van der Waals surface area contributed by atoms with E-state index in [2.05, 4.69) is 15.5 Å². The quantitative estimate of drug-likeness (QED) is 0.691. The third-order valence-electron chi connectivity index (χ3n) is 5.67. The van der Waals surface area contributed by atoms with Gasteiger partial charge in [-0.1, -0.05) is 0 Å². The van der Waals surface area contributed by atoms with Crippen LogP contribution in [0.1, 0.15) is 25.7 Å². The number of benzene rings is 1. The Labute approximate surface area is 165 Å². The molecule has 1 aromatic carbocycles. The van der Waals surface area contributed by atoms with Gasteiger partial charge >= 0.3 is 0 Å². The summed E-state index contributed by atoms with van der Waals surface area (Å²) in [6, 6.07) is 4.22. The van der Waals surface area contributed by atoms with Crippen LogP contribution in [0.2, 0.25) is 0 Å². The lowest BCUT2D eigenvalue weighted by molar-refractivity contribution is 0.265. The first kappa shape index (κ1) is 19.0. The van der Waals surface area contributed by atoms with Gasteiger partial charge in [0.2, 0.25) is 5.95 Å². The first-order valence-electron chi connectivity index (χ1n) is 10.0. The van der Waals surface area contributed by atoms with E-state index >= 15 is 0 Å². The topological polar surface area (TPSA) is 91.8 Å². The predicted molar refractivity (Wildman–Crippen MR) is 110 cm³/mol. The van der Waals surface area contributed by atoms with Crippen molar-refractivity contribution in [1.29, 1.82) is 0 Å². The van der Waals surface area contributed by atoms with E-state index in [4.69, 9.17) is 19.4 Å². The number of aliphatic hydroxyl groups is 1. The molecular formula is C20H29N5O3. The molecule has 1 unspecified atom stereocenters. The molecule has 0 amide bonds. The normalized spacial score (nSPS) is 22.5. The van der Waals surface area contributed by atoms with Crippen molar-refractivity contribution in [2.45, 2.75) is 37.8 Å². The van der Waals surface area contributed by atoms with Gasteiger partial charge in [-0.2, -0.15) is 4.98 Å². The Morgan fingerprint density at radius 1 is 1.18 bits per heavy atom. The van der Waals surface area contributed by atoms with E-state index in [-0.39, 0.29) is 12.6 Å². The number of aromatic nitrogens is 2. The van der Waals surface area contributed by atoms with Crippen LogP contribution in [0.4, 0.5) is 11.8 Å². The van der Waals surface area contributed by atoms with Crippen LogP contribution in [0.5, 0.6) is 11.5 Å². The van der Waals surface area contributed by atoms with Crippen LogP contribution in [0.25, 0.3) is 10.9 Å². The Bertz CT molecular complexity index is 825. The largest absolute Gasteiger partial charge is 0.493 e. The molecular weight excluding hydrogens is 358 g/mol. The van der Waals surface area contributed by atoms with Crippen LogP contribution in [0.3, 0.4) is 0 Å². The van der Waals surface area contributed by atoms with Crippen LogP contribution in [0.15, 0.2) is 12.1 Å². The van der Waals surface area contributed by atoms with Crippen molar-refractivity contribution in [1.82, 2.24) is 15.3 Å². The zero-order chi connectivity index (χ0) is 19.5. The number of ether oxygens (including phenoxy) is 2. The number of nitrogens with one attached hydrogen (secondary N) is 2. The molecule has 8 heteroatoms. The van der Waals surface area contributed by atoms with Gasteiger partial charge in [0.15, 0.2) is 11.5 Å². The maximum atomic E-state index is 9.73. The third kappa shape index (κ3) is 3.66. The van der Waals surface area contributed by atoms with Crippen LogP contribution in [-0.2, 0) is 0 Å². The van der Waals surface area contributed by atoms with Crippen LogP contribution >= 0.6 is 0 Å². The first-order valence-corrected chi connectivity index (χ1v) is 10.0. The van der Waals surface area contributed by atoms with Crippen molar-refractivity contribution in [2.24, 2.45) is 0 Å². The maximum absolute atomic E-state index is 9.73. The van der Waals surface area contributed by atoms with E-state index in [1.165, 1.54) is 0 Å². The molecule has 2 fully saturated rings. The van der Waals surface area contributed by atoms with Crippen molar-refractivity contribution in [3.63, 3.8) is 0 Å². The first-order chi connectivity index (χ1) is 13.7. The summed E-state index contributed by atoms with van der Waals surface area (Å²) in [4.78, 5) is 11.8. The average Bonchev–Trinajstić information content (AvgIpc) is 3.22. The Kier molecular flexibility index (Phi) is 5.68. The van der Waals surface area contributed by atoms with E-state index in [1.54, 1.807) is 14.2 Å². The van der Waals surface area contributed by atoms with Gasteiger partial charge in [0.05, 0.1) is 32.4 Å². The number of nitrogens with zero attached hydrogens (tertiary/aromatic N) is 3. The molecule has 2 aliphatic rings. The molecule has 152 valence electrons. The Balaban J connectivity index is 1.79. The molecule has 3 N–H and O–H groups in total. The lowest BCUT2D eigenvalue weighted by atomic mass is 10.1. The molecule has 2 saturated heterocycles. The summed E-state index contributed by atoms with van der Waals surface area (Å²) in [7, 11) is 3.26. The summed E-state index contributed by atoms with van der Waals surface area (Å²) in [5.41, 5.74) is 0.803. The molecule has 2 atom stereocenters. The summed E-state index contributed by atoms with van der Waals surface area (Å²) in [5, 5.41) is 17.7. The minimum atomic E-state index is 0.0711. The van der Waals surface area contributed by atoms with Crippen molar-refractivity contribution in [2.75, 3.05) is 50.7 Å². The van der Waals surface area contributed by atoms with Crippen LogP contribution in [-0.4, -0.2) is 67.6 Å². The lowest BCUT2D eigenvalue weighted by Crippen LogP contribution is -2.39. The van der Waals surface area contributed by atoms with E-state index in [0.29, 0.717) is 23.5 Å². The number of methoxy groups -OCH3 is 2. The number of piperidine rings is 1. The van der Waals surface area contributed by atoms with Crippen molar-refractivity contribution in [3.8, 4) is 11.5 Å². The van der Waals surface area contributed by atoms with E-state index < -0.39 is 0 Å². The number of fused-ring (bicyclic) bond motifs is 1. The van der Waals surface area contributed by atoms with Gasteiger partial charge in [-0.25, -0.2) is 4.98 Å². The summed E-state index contributed by atoms with van der Waals surface area (Å²) in [6.07, 6.45) is 4.24. The van der Waals surface area contributed by atoms with Crippen LogP contribution in [0, 0.1) is 0 Å². The number of hydrogen-bond donors (Lipinski definition) is 3. The lowest BCUT2D eigenvalue weighted by Gasteiger charge is -2.27. The van der Waals surface area contributed by atoms with E-state index in [0.717, 1.165) is 62.0 Å². The van der Waals surface area contributed by atoms with Gasteiger partial charge in [0, 0.05) is 30.6 Å². The average molecular weight is 387 g/mol. The molecule has 0 bridgehead atoms. The van der Waals surface area contributed by atoms with Gasteiger partial charge in [-0.05, 0) is 38.3 Å². The molecule has 1 aromatic heterocycles. The molecule has 0 aliphatic carbocycles. The van der Waals surface area contributed by atoms with Gasteiger partial charge in [-0.15, -0.1) is 0 Å². The fourth-order valence-corrected chi connectivity index (χ4v) is 4.14. The minimum absolute atomic E-state index is 0.0711. The van der Waals surface area contributed by atoms with Crippen molar-refractivity contribution < 1.29 is 14.6 Å². The number of hydrogen-bond acceptors (Lipinski definition) is 8. The zero-order valence-corrected chi connectivity index (χ0v) is 16.6. The molecule has 0 spiro atoms. The number of aliphatic hydroxyl groups excluding tert-OH is 1. The highest BCUT2D eigenvalue weighted by Gasteiger charge is 2.27. The Morgan fingerprint density at radius 3 is 2.71 bits per heavy atom. The highest BCUT2D eigenvalue weighted by molar-refractivity contribution is 5.93. The Hall–Kier alpha value is -2.32. The smallest absolute Gasteiger partial charge is 0.228 e. The molecule has 0 radical (unpaired) electrons.